The van der Waals surface area contributed by atoms with Gasteiger partial charge < -0.3 is 15.4 Å². The highest BCUT2D eigenvalue weighted by Crippen LogP contribution is 2.35. The topological polar surface area (TPSA) is 50.4 Å². The molecule has 5 heteroatoms. The van der Waals surface area contributed by atoms with Gasteiger partial charge in [-0.25, -0.2) is 4.39 Å². The summed E-state index contributed by atoms with van der Waals surface area (Å²) in [6, 6.07) is 6.52. The molecule has 0 radical (unpaired) electrons. The second-order valence-electron chi connectivity index (χ2n) is 6.22. The van der Waals surface area contributed by atoms with Gasteiger partial charge in [-0.1, -0.05) is 12.1 Å². The molecule has 1 amide bonds. The average molecular weight is 306 g/mol. The minimum absolute atomic E-state index is 0.0520. The second kappa shape index (κ2) is 6.75. The lowest BCUT2D eigenvalue weighted by molar-refractivity contribution is -0.131. The third-order valence-corrected chi connectivity index (χ3v) is 4.81. The summed E-state index contributed by atoms with van der Waals surface area (Å²) < 4.78 is 18.7. The third kappa shape index (κ3) is 3.15. The van der Waals surface area contributed by atoms with Crippen LogP contribution in [0.25, 0.3) is 0 Å². The van der Waals surface area contributed by atoms with Crippen molar-refractivity contribution >= 4 is 5.91 Å². The fourth-order valence-corrected chi connectivity index (χ4v) is 3.43. The van der Waals surface area contributed by atoms with Crippen molar-refractivity contribution in [2.45, 2.75) is 37.1 Å². The van der Waals surface area contributed by atoms with Crippen LogP contribution >= 0.6 is 0 Å². The Labute approximate surface area is 130 Å². The van der Waals surface area contributed by atoms with Crippen LogP contribution in [0.2, 0.25) is 0 Å². The van der Waals surface area contributed by atoms with Crippen LogP contribution in [0.5, 0.6) is 0 Å². The van der Waals surface area contributed by atoms with E-state index in [2.05, 4.69) is 10.6 Å². The van der Waals surface area contributed by atoms with Gasteiger partial charge in [-0.3, -0.25) is 4.79 Å². The van der Waals surface area contributed by atoms with Crippen molar-refractivity contribution in [3.8, 4) is 0 Å². The average Bonchev–Trinajstić information content (AvgIpc) is 2.57. The molecule has 1 unspecified atom stereocenters. The lowest BCUT2D eigenvalue weighted by atomic mass is 9.73. The molecule has 2 aliphatic rings. The molecular weight excluding hydrogens is 283 g/mol. The first kappa shape index (κ1) is 15.4. The van der Waals surface area contributed by atoms with Crippen molar-refractivity contribution in [1.82, 2.24) is 10.6 Å². The molecule has 0 saturated carbocycles. The second-order valence-corrected chi connectivity index (χ2v) is 6.22. The first-order valence-corrected chi connectivity index (χ1v) is 8.06. The highest BCUT2D eigenvalue weighted by atomic mass is 19.1. The van der Waals surface area contributed by atoms with E-state index in [4.69, 9.17) is 4.74 Å². The highest BCUT2D eigenvalue weighted by Gasteiger charge is 2.42. The zero-order valence-electron chi connectivity index (χ0n) is 12.7. The summed E-state index contributed by atoms with van der Waals surface area (Å²) in [7, 11) is 0. The van der Waals surface area contributed by atoms with E-state index in [1.54, 1.807) is 12.1 Å². The fraction of sp³-hybridized carbons (Fsp3) is 0.588. The molecule has 0 bridgehead atoms. The summed E-state index contributed by atoms with van der Waals surface area (Å²) in [6.45, 7) is 2.96. The van der Waals surface area contributed by atoms with E-state index in [0.29, 0.717) is 26.1 Å². The van der Waals surface area contributed by atoms with Crippen LogP contribution in [0.3, 0.4) is 0 Å². The van der Waals surface area contributed by atoms with Gasteiger partial charge in [0.1, 0.15) is 5.82 Å². The first-order valence-electron chi connectivity index (χ1n) is 8.06. The molecule has 0 aromatic heterocycles. The van der Waals surface area contributed by atoms with E-state index >= 15 is 0 Å². The normalized spacial score (nSPS) is 24.7. The molecule has 22 heavy (non-hydrogen) atoms. The molecule has 2 fully saturated rings. The zero-order chi connectivity index (χ0) is 15.4. The van der Waals surface area contributed by atoms with Crippen molar-refractivity contribution in [2.24, 2.45) is 0 Å². The summed E-state index contributed by atoms with van der Waals surface area (Å²) >= 11 is 0. The Kier molecular flexibility index (Phi) is 4.74. The molecule has 4 nitrogen and oxygen atoms in total. The summed E-state index contributed by atoms with van der Waals surface area (Å²) in [5.74, 6) is -0.223. The van der Waals surface area contributed by atoms with Gasteiger partial charge in [0.2, 0.25) is 5.91 Å². The summed E-state index contributed by atoms with van der Waals surface area (Å²) in [5.41, 5.74) is 0.294. The molecule has 1 aromatic rings. The molecule has 2 saturated heterocycles. The van der Waals surface area contributed by atoms with E-state index in [-0.39, 0.29) is 17.8 Å². The van der Waals surface area contributed by atoms with Crippen LogP contribution in [0.15, 0.2) is 24.3 Å². The minimum Gasteiger partial charge on any atom is -0.381 e. The van der Waals surface area contributed by atoms with Crippen molar-refractivity contribution in [3.05, 3.63) is 35.6 Å². The summed E-state index contributed by atoms with van der Waals surface area (Å²) in [4.78, 5) is 13.0. The van der Waals surface area contributed by atoms with Gasteiger partial charge >= 0.3 is 0 Å². The quantitative estimate of drug-likeness (QED) is 0.894. The number of nitrogens with one attached hydrogen (secondary N) is 2. The van der Waals surface area contributed by atoms with Gasteiger partial charge in [0.05, 0.1) is 5.41 Å². The Morgan fingerprint density at radius 1 is 1.27 bits per heavy atom. The number of carbonyl (C=O) groups is 1. The predicted molar refractivity (Wildman–Crippen MR) is 82.2 cm³/mol. The van der Waals surface area contributed by atoms with Gasteiger partial charge in [0, 0.05) is 25.8 Å². The molecule has 2 aliphatic heterocycles. The van der Waals surface area contributed by atoms with Crippen LogP contribution in [-0.2, 0) is 14.9 Å². The van der Waals surface area contributed by atoms with E-state index in [1.165, 1.54) is 12.1 Å². The number of rotatable bonds is 3. The molecule has 120 valence electrons. The minimum atomic E-state index is -0.594. The van der Waals surface area contributed by atoms with Crippen molar-refractivity contribution in [1.29, 1.82) is 0 Å². The van der Waals surface area contributed by atoms with E-state index in [9.17, 15) is 9.18 Å². The van der Waals surface area contributed by atoms with E-state index < -0.39 is 5.41 Å². The van der Waals surface area contributed by atoms with Crippen LogP contribution in [0.1, 0.15) is 31.2 Å². The van der Waals surface area contributed by atoms with Gasteiger partial charge in [-0.15, -0.1) is 0 Å². The Bertz CT molecular complexity index is 506. The molecule has 2 heterocycles. The lowest BCUT2D eigenvalue weighted by Crippen LogP contribution is -2.54. The van der Waals surface area contributed by atoms with Crippen LogP contribution in [0, 0.1) is 5.82 Å². The van der Waals surface area contributed by atoms with Gasteiger partial charge in [-0.2, -0.15) is 0 Å². The Morgan fingerprint density at radius 3 is 2.64 bits per heavy atom. The first-order chi connectivity index (χ1) is 10.7. The SMILES string of the molecule is O=C(NC1CCCNC1)C1(c2ccc(F)cc2)CCOCC1. The number of hydrogen-bond donors (Lipinski definition) is 2. The number of piperidine rings is 1. The molecule has 0 spiro atoms. The molecule has 3 rings (SSSR count). The molecular formula is C17H23FN2O2. The number of ether oxygens (including phenoxy) is 1. The van der Waals surface area contributed by atoms with Gasteiger partial charge in [-0.05, 0) is 49.9 Å². The van der Waals surface area contributed by atoms with Crippen molar-refractivity contribution in [2.75, 3.05) is 26.3 Å². The molecule has 1 atom stereocenters. The lowest BCUT2D eigenvalue weighted by Gasteiger charge is -2.38. The van der Waals surface area contributed by atoms with Gasteiger partial charge in [0.25, 0.3) is 0 Å². The van der Waals surface area contributed by atoms with Crippen LogP contribution in [0.4, 0.5) is 4.39 Å². The Hall–Kier alpha value is -1.46. The Morgan fingerprint density at radius 2 is 2.00 bits per heavy atom. The largest absolute Gasteiger partial charge is 0.381 e. The number of hydrogen-bond acceptors (Lipinski definition) is 3. The van der Waals surface area contributed by atoms with Gasteiger partial charge in [0.15, 0.2) is 0 Å². The van der Waals surface area contributed by atoms with E-state index in [0.717, 1.165) is 31.5 Å². The maximum atomic E-state index is 13.2. The number of halogens is 1. The maximum absolute atomic E-state index is 13.2. The molecule has 0 aliphatic carbocycles. The van der Waals surface area contributed by atoms with Crippen LogP contribution < -0.4 is 10.6 Å². The monoisotopic (exact) mass is 306 g/mol. The number of carbonyl (C=O) groups excluding carboxylic acids is 1. The van der Waals surface area contributed by atoms with Crippen LogP contribution in [-0.4, -0.2) is 38.3 Å². The Balaban J connectivity index is 1.81. The zero-order valence-corrected chi connectivity index (χ0v) is 12.7. The van der Waals surface area contributed by atoms with E-state index in [1.807, 2.05) is 0 Å². The number of benzene rings is 1. The van der Waals surface area contributed by atoms with Crippen molar-refractivity contribution in [3.63, 3.8) is 0 Å². The molecule has 2 N–H and O–H groups in total. The highest BCUT2D eigenvalue weighted by molar-refractivity contribution is 5.88. The fourth-order valence-electron chi connectivity index (χ4n) is 3.43. The summed E-state index contributed by atoms with van der Waals surface area (Å²) in [5, 5.41) is 6.51. The smallest absolute Gasteiger partial charge is 0.231 e. The summed E-state index contributed by atoms with van der Waals surface area (Å²) in [6.07, 6.45) is 3.38. The maximum Gasteiger partial charge on any atom is 0.231 e. The third-order valence-electron chi connectivity index (χ3n) is 4.81. The number of amides is 1. The molecule has 1 aromatic carbocycles. The standard InChI is InChI=1S/C17H23FN2O2/c18-14-5-3-13(4-6-14)17(7-10-22-11-8-17)16(21)20-15-2-1-9-19-12-15/h3-6,15,19H,1-2,7-12H2,(H,20,21). The van der Waals surface area contributed by atoms with Crippen molar-refractivity contribution < 1.29 is 13.9 Å². The predicted octanol–water partition coefficient (Wildman–Crippen LogP) is 1.74.